The van der Waals surface area contributed by atoms with E-state index < -0.39 is 6.10 Å². The summed E-state index contributed by atoms with van der Waals surface area (Å²) < 4.78 is 5.77. The summed E-state index contributed by atoms with van der Waals surface area (Å²) in [5, 5.41) is 15.4. The molecule has 1 aliphatic rings. The van der Waals surface area contributed by atoms with Crippen molar-refractivity contribution in [2.24, 2.45) is 5.92 Å². The molecule has 5 nitrogen and oxygen atoms in total. The third kappa shape index (κ3) is 6.89. The van der Waals surface area contributed by atoms with Crippen molar-refractivity contribution in [3.05, 3.63) is 0 Å². The van der Waals surface area contributed by atoms with Crippen LogP contribution in [0.2, 0.25) is 0 Å². The monoisotopic (exact) mass is 272 g/mol. The van der Waals surface area contributed by atoms with Gasteiger partial charge in [-0.25, -0.2) is 0 Å². The van der Waals surface area contributed by atoms with Gasteiger partial charge in [-0.15, -0.1) is 0 Å². The lowest BCUT2D eigenvalue weighted by molar-refractivity contribution is -0.120. The molecule has 0 aromatic heterocycles. The van der Waals surface area contributed by atoms with Crippen molar-refractivity contribution in [2.75, 3.05) is 26.2 Å². The Morgan fingerprint density at radius 1 is 1.42 bits per heavy atom. The van der Waals surface area contributed by atoms with Crippen LogP contribution in [0.4, 0.5) is 0 Å². The number of carbonyl (C=O) groups is 1. The lowest BCUT2D eigenvalue weighted by Crippen LogP contribution is -2.39. The molecule has 1 fully saturated rings. The van der Waals surface area contributed by atoms with Gasteiger partial charge in [-0.05, 0) is 25.7 Å². The Balaban J connectivity index is 2.07. The Labute approximate surface area is 116 Å². The summed E-state index contributed by atoms with van der Waals surface area (Å²) in [6, 6.07) is 0. The number of rotatable bonds is 8. The van der Waals surface area contributed by atoms with E-state index in [4.69, 9.17) is 4.74 Å². The van der Waals surface area contributed by atoms with Crippen LogP contribution in [0.5, 0.6) is 0 Å². The molecule has 1 amide bonds. The molecule has 0 saturated heterocycles. The molecular weight excluding hydrogens is 244 g/mol. The van der Waals surface area contributed by atoms with Crippen LogP contribution in [0.1, 0.15) is 39.5 Å². The molecule has 0 aliphatic heterocycles. The van der Waals surface area contributed by atoms with Crippen molar-refractivity contribution in [1.29, 1.82) is 0 Å². The molecule has 3 atom stereocenters. The second-order valence-electron chi connectivity index (χ2n) is 5.37. The van der Waals surface area contributed by atoms with Crippen LogP contribution < -0.4 is 10.6 Å². The van der Waals surface area contributed by atoms with Crippen LogP contribution in [0, 0.1) is 5.92 Å². The Morgan fingerprint density at radius 2 is 2.16 bits per heavy atom. The Kier molecular flexibility index (Phi) is 8.02. The minimum atomic E-state index is -0.552. The zero-order valence-corrected chi connectivity index (χ0v) is 12.2. The van der Waals surface area contributed by atoms with Crippen molar-refractivity contribution in [3.8, 4) is 0 Å². The molecular formula is C14H28N2O3. The molecule has 0 bridgehead atoms. The highest BCUT2D eigenvalue weighted by Crippen LogP contribution is 2.26. The fourth-order valence-corrected chi connectivity index (χ4v) is 2.44. The average molecular weight is 272 g/mol. The normalized spacial score (nSPS) is 25.0. The van der Waals surface area contributed by atoms with Gasteiger partial charge >= 0.3 is 0 Å². The van der Waals surface area contributed by atoms with Gasteiger partial charge in [0.1, 0.15) is 0 Å². The molecule has 1 aliphatic carbocycles. The third-order valence-corrected chi connectivity index (χ3v) is 3.57. The standard InChI is InChI=1S/C14H28N2O3/c1-3-16-14(18)9-15-8-12(17)10-19-13-7-5-4-6-11(13)2/h11-13,15,17H,3-10H2,1-2H3,(H,16,18). The maximum absolute atomic E-state index is 11.2. The van der Waals surface area contributed by atoms with Crippen LogP contribution in [-0.2, 0) is 9.53 Å². The summed E-state index contributed by atoms with van der Waals surface area (Å²) in [5.74, 6) is 0.542. The second-order valence-corrected chi connectivity index (χ2v) is 5.37. The number of aliphatic hydroxyl groups is 1. The lowest BCUT2D eigenvalue weighted by Gasteiger charge is -2.29. The summed E-state index contributed by atoms with van der Waals surface area (Å²) in [6.07, 6.45) is 4.56. The van der Waals surface area contributed by atoms with E-state index in [-0.39, 0.29) is 18.6 Å². The van der Waals surface area contributed by atoms with E-state index in [2.05, 4.69) is 17.6 Å². The van der Waals surface area contributed by atoms with Gasteiger partial charge in [0.25, 0.3) is 0 Å². The summed E-state index contributed by atoms with van der Waals surface area (Å²) >= 11 is 0. The first-order valence-corrected chi connectivity index (χ1v) is 7.40. The number of nitrogens with one attached hydrogen (secondary N) is 2. The van der Waals surface area contributed by atoms with Gasteiger partial charge in [-0.1, -0.05) is 19.8 Å². The maximum atomic E-state index is 11.2. The first-order chi connectivity index (χ1) is 9.13. The topological polar surface area (TPSA) is 70.6 Å². The molecule has 3 N–H and O–H groups in total. The summed E-state index contributed by atoms with van der Waals surface area (Å²) in [4.78, 5) is 11.2. The van der Waals surface area contributed by atoms with Gasteiger partial charge in [-0.3, -0.25) is 4.79 Å². The van der Waals surface area contributed by atoms with E-state index in [9.17, 15) is 9.90 Å². The molecule has 0 radical (unpaired) electrons. The highest BCUT2D eigenvalue weighted by atomic mass is 16.5. The maximum Gasteiger partial charge on any atom is 0.233 e. The van der Waals surface area contributed by atoms with Gasteiger partial charge in [0, 0.05) is 13.1 Å². The van der Waals surface area contributed by atoms with Crippen LogP contribution >= 0.6 is 0 Å². The highest BCUT2D eigenvalue weighted by Gasteiger charge is 2.22. The molecule has 0 aromatic rings. The van der Waals surface area contributed by atoms with Gasteiger partial charge in [-0.2, -0.15) is 0 Å². The molecule has 19 heavy (non-hydrogen) atoms. The number of amides is 1. The van der Waals surface area contributed by atoms with Crippen molar-refractivity contribution >= 4 is 5.91 Å². The van der Waals surface area contributed by atoms with E-state index >= 15 is 0 Å². The Morgan fingerprint density at radius 3 is 2.84 bits per heavy atom. The van der Waals surface area contributed by atoms with Crippen LogP contribution in [-0.4, -0.2) is 49.5 Å². The van der Waals surface area contributed by atoms with Crippen molar-refractivity contribution < 1.29 is 14.6 Å². The summed E-state index contributed by atoms with van der Waals surface area (Å²) in [5.41, 5.74) is 0. The molecule has 5 heteroatoms. The van der Waals surface area contributed by atoms with E-state index in [0.717, 1.165) is 6.42 Å². The molecule has 1 rings (SSSR count). The fourth-order valence-electron chi connectivity index (χ4n) is 2.44. The van der Waals surface area contributed by atoms with E-state index in [1.165, 1.54) is 19.3 Å². The quantitative estimate of drug-likeness (QED) is 0.607. The Hall–Kier alpha value is -0.650. The minimum absolute atomic E-state index is 0.0449. The third-order valence-electron chi connectivity index (χ3n) is 3.57. The lowest BCUT2D eigenvalue weighted by atomic mass is 9.88. The molecule has 1 saturated carbocycles. The number of hydrogen-bond donors (Lipinski definition) is 3. The number of aliphatic hydroxyl groups excluding tert-OH is 1. The van der Waals surface area contributed by atoms with Gasteiger partial charge < -0.3 is 20.5 Å². The first kappa shape index (κ1) is 16.4. The van der Waals surface area contributed by atoms with Gasteiger partial charge in [0.2, 0.25) is 5.91 Å². The second kappa shape index (κ2) is 9.28. The molecule has 3 unspecified atom stereocenters. The fraction of sp³-hybridized carbons (Fsp3) is 0.929. The summed E-state index contributed by atoms with van der Waals surface area (Å²) in [6.45, 7) is 5.70. The van der Waals surface area contributed by atoms with Gasteiger partial charge in [0.05, 0.1) is 25.4 Å². The van der Waals surface area contributed by atoms with E-state index in [1.54, 1.807) is 0 Å². The zero-order chi connectivity index (χ0) is 14.1. The zero-order valence-electron chi connectivity index (χ0n) is 12.2. The molecule has 0 heterocycles. The van der Waals surface area contributed by atoms with Crippen LogP contribution in [0.15, 0.2) is 0 Å². The van der Waals surface area contributed by atoms with E-state index in [1.807, 2.05) is 6.92 Å². The van der Waals surface area contributed by atoms with E-state index in [0.29, 0.717) is 25.6 Å². The largest absolute Gasteiger partial charge is 0.389 e. The predicted molar refractivity (Wildman–Crippen MR) is 74.9 cm³/mol. The van der Waals surface area contributed by atoms with Gasteiger partial charge in [0.15, 0.2) is 0 Å². The SMILES string of the molecule is CCNC(=O)CNCC(O)COC1CCCCC1C. The Bertz CT molecular complexity index is 261. The highest BCUT2D eigenvalue weighted by molar-refractivity contribution is 5.77. The molecule has 112 valence electrons. The first-order valence-electron chi connectivity index (χ1n) is 7.40. The van der Waals surface area contributed by atoms with Crippen LogP contribution in [0.3, 0.4) is 0 Å². The van der Waals surface area contributed by atoms with Crippen molar-refractivity contribution in [1.82, 2.24) is 10.6 Å². The average Bonchev–Trinajstić information content (AvgIpc) is 2.38. The number of carbonyl (C=O) groups excluding carboxylic acids is 1. The molecule has 0 spiro atoms. The van der Waals surface area contributed by atoms with Crippen molar-refractivity contribution in [2.45, 2.75) is 51.7 Å². The predicted octanol–water partition coefficient (Wildman–Crippen LogP) is 0.668. The summed E-state index contributed by atoms with van der Waals surface area (Å²) in [7, 11) is 0. The molecule has 0 aromatic carbocycles. The minimum Gasteiger partial charge on any atom is -0.389 e. The van der Waals surface area contributed by atoms with Crippen molar-refractivity contribution in [3.63, 3.8) is 0 Å². The number of likely N-dealkylation sites (N-methyl/N-ethyl adjacent to an activating group) is 1. The smallest absolute Gasteiger partial charge is 0.233 e. The number of hydrogen-bond acceptors (Lipinski definition) is 4. The number of ether oxygens (including phenoxy) is 1. The van der Waals surface area contributed by atoms with Crippen LogP contribution in [0.25, 0.3) is 0 Å².